The van der Waals surface area contributed by atoms with Gasteiger partial charge in [-0.1, -0.05) is 204 Å². The zero-order valence-electron chi connectivity index (χ0n) is 74.2. The molecule has 24 nitrogen and oxygen atoms in total. The quantitative estimate of drug-likeness (QED) is 0.0150. The Kier molecular flexibility index (Phi) is 38.1. The second-order valence-electron chi connectivity index (χ2n) is 31.6. The Hall–Kier alpha value is -12.2. The van der Waals surface area contributed by atoms with Crippen molar-refractivity contribution in [1.82, 2.24) is 19.9 Å². The first-order valence-corrected chi connectivity index (χ1v) is 47.2. The predicted octanol–water partition coefficient (Wildman–Crippen LogP) is 18.4. The Morgan fingerprint density at radius 3 is 0.931 bits per heavy atom. The molecular weight excluding hydrogens is 1740 g/mol. The molecule has 8 heterocycles. The van der Waals surface area contributed by atoms with Crippen LogP contribution in [0.4, 0.5) is 0 Å². The Balaban J connectivity index is 0.000000169. The van der Waals surface area contributed by atoms with Gasteiger partial charge < -0.3 is 37.9 Å². The highest BCUT2D eigenvalue weighted by atomic mass is 32.2. The second kappa shape index (κ2) is 50.2. The molecule has 0 spiro atoms. The minimum absolute atomic E-state index is 0.00127. The zero-order chi connectivity index (χ0) is 93.2. The van der Waals surface area contributed by atoms with Crippen molar-refractivity contribution in [3.63, 3.8) is 0 Å². The topological polar surface area (TPSA) is 330 Å². The first-order chi connectivity index (χ1) is 63.3. The highest BCUT2D eigenvalue weighted by Gasteiger charge is 2.44. The molecule has 4 fully saturated rings. The van der Waals surface area contributed by atoms with E-state index >= 15 is 0 Å². The van der Waals surface area contributed by atoms with Crippen molar-refractivity contribution in [3.05, 3.63) is 309 Å². The minimum Gasteiger partial charge on any atom is -0.489 e. The first kappa shape index (κ1) is 99.3. The van der Waals surface area contributed by atoms with Gasteiger partial charge in [-0.15, -0.1) is 0 Å². The van der Waals surface area contributed by atoms with Crippen LogP contribution in [-0.4, -0.2) is 134 Å². The molecule has 682 valence electrons. The van der Waals surface area contributed by atoms with Gasteiger partial charge in [-0.25, -0.2) is 9.59 Å². The number of benzene rings is 6. The molecule has 28 heteroatoms. The summed E-state index contributed by atoms with van der Waals surface area (Å²) in [5, 5.41) is -1.14. The van der Waals surface area contributed by atoms with Crippen molar-refractivity contribution in [2.75, 3.05) is 26.4 Å². The average Bonchev–Trinajstić information content (AvgIpc) is 1.66. The highest BCUT2D eigenvalue weighted by Crippen LogP contribution is 2.40. The number of hydrogen-bond acceptors (Lipinski definition) is 28. The van der Waals surface area contributed by atoms with Crippen molar-refractivity contribution in [2.45, 2.75) is 196 Å². The molecule has 8 atom stereocenters. The van der Waals surface area contributed by atoms with Crippen LogP contribution in [0.1, 0.15) is 212 Å². The van der Waals surface area contributed by atoms with Crippen LogP contribution < -0.4 is 18.9 Å². The van der Waals surface area contributed by atoms with Crippen molar-refractivity contribution in [2.24, 2.45) is 0 Å². The molecule has 0 saturated carbocycles. The van der Waals surface area contributed by atoms with E-state index in [1.165, 1.54) is 6.92 Å². The Bertz CT molecular complexity index is 5530. The van der Waals surface area contributed by atoms with Crippen molar-refractivity contribution in [1.29, 1.82) is 0 Å². The molecule has 6 unspecified atom stereocenters. The van der Waals surface area contributed by atoms with Crippen LogP contribution in [0.25, 0.3) is 0 Å². The fourth-order valence-corrected chi connectivity index (χ4v) is 18.2. The molecule has 0 aliphatic carbocycles. The largest absolute Gasteiger partial charge is 0.489 e. The third kappa shape index (κ3) is 31.2. The minimum atomic E-state index is -0.716. The molecule has 4 aromatic heterocycles. The number of Topliss-reactive ketones (excluding diaryl/α,β-unsaturated/α-hetero) is 4. The van der Waals surface area contributed by atoms with E-state index in [0.717, 1.165) is 137 Å². The van der Waals surface area contributed by atoms with Gasteiger partial charge in [-0.2, -0.15) is 0 Å². The zero-order valence-corrected chi connectivity index (χ0v) is 77.5. The first-order valence-electron chi connectivity index (χ1n) is 43.8. The lowest BCUT2D eigenvalue weighted by Crippen LogP contribution is -2.29. The fraction of sp³-hybridized carbons (Fsp3) is 0.340. The smallest absolute Gasteiger partial charge is 0.338 e. The maximum absolute atomic E-state index is 12.7. The van der Waals surface area contributed by atoms with Gasteiger partial charge in [-0.05, 0) is 206 Å². The summed E-state index contributed by atoms with van der Waals surface area (Å²) in [5.74, 6) is 0.874. The number of rotatable bonds is 38. The van der Waals surface area contributed by atoms with Crippen LogP contribution in [-0.2, 0) is 118 Å². The molecule has 4 saturated heterocycles. The van der Waals surface area contributed by atoms with Crippen molar-refractivity contribution < 1.29 is 95.4 Å². The van der Waals surface area contributed by atoms with Gasteiger partial charge in [0, 0.05) is 38.1 Å². The van der Waals surface area contributed by atoms with E-state index in [1.807, 2.05) is 159 Å². The number of aryl methyl sites for hydroxylation is 4. The van der Waals surface area contributed by atoms with Crippen molar-refractivity contribution in [3.8, 4) is 23.0 Å². The maximum atomic E-state index is 12.7. The molecule has 10 aromatic rings. The number of thioether (sulfide) groups is 4. The fourth-order valence-electron chi connectivity index (χ4n) is 14.0. The van der Waals surface area contributed by atoms with Gasteiger partial charge in [0.15, 0.2) is 68.0 Å². The van der Waals surface area contributed by atoms with E-state index in [9.17, 15) is 57.5 Å². The van der Waals surface area contributed by atoms with E-state index < -0.39 is 47.1 Å². The summed E-state index contributed by atoms with van der Waals surface area (Å²) in [4.78, 5) is 161. The average molecular weight is 1850 g/mol. The summed E-state index contributed by atoms with van der Waals surface area (Å²) < 4.78 is 45.5. The van der Waals surface area contributed by atoms with Gasteiger partial charge in [0.05, 0.1) is 80.1 Å². The lowest BCUT2D eigenvalue weighted by Gasteiger charge is -2.20. The Labute approximate surface area is 779 Å². The molecule has 14 rings (SSSR count). The number of ether oxygens (including phenoxy) is 8. The second-order valence-corrected chi connectivity index (χ2v) is 37.0. The highest BCUT2D eigenvalue weighted by molar-refractivity contribution is 8.16. The molecule has 0 N–H and O–H groups in total. The summed E-state index contributed by atoms with van der Waals surface area (Å²) in [5.41, 5.74) is 11.7. The number of nitrogens with zero attached hydrogens (tertiary/aromatic N) is 4. The summed E-state index contributed by atoms with van der Waals surface area (Å²) >= 11 is 4.48. The number of carbonyl (C=O) groups is 12. The Morgan fingerprint density at radius 1 is 0.359 bits per heavy atom. The summed E-state index contributed by atoms with van der Waals surface area (Å²) in [7, 11) is 0. The van der Waals surface area contributed by atoms with Crippen LogP contribution >= 0.6 is 47.0 Å². The third-order valence-corrected chi connectivity index (χ3v) is 26.2. The van der Waals surface area contributed by atoms with Gasteiger partial charge >= 0.3 is 23.9 Å². The Morgan fingerprint density at radius 2 is 0.664 bits per heavy atom. The van der Waals surface area contributed by atoms with Gasteiger partial charge in [0.1, 0.15) is 49.4 Å². The number of aromatic nitrogens is 4. The van der Waals surface area contributed by atoms with Crippen molar-refractivity contribution >= 4 is 115 Å². The molecule has 4 aliphatic rings. The number of hydrogen-bond donors (Lipinski definition) is 0. The molecule has 0 radical (unpaired) electrons. The molecule has 0 amide bonds. The predicted molar refractivity (Wildman–Crippen MR) is 502 cm³/mol. The third-order valence-electron chi connectivity index (χ3n) is 21.6. The van der Waals surface area contributed by atoms with Crippen LogP contribution in [0.15, 0.2) is 231 Å². The maximum Gasteiger partial charge on any atom is 0.338 e. The van der Waals surface area contributed by atoms with E-state index in [0.29, 0.717) is 89.0 Å². The van der Waals surface area contributed by atoms with Crippen LogP contribution in [0.5, 0.6) is 23.0 Å². The summed E-state index contributed by atoms with van der Waals surface area (Å²) in [6, 6.07) is 62.5. The SMILES string of the molecule is CCCCCC(=O)O[C@@H](COc1ccc(CC2SC(=O)CC2=O)cc1)c1ccc(CC)cn1.CCc1ccc(C(COc2ccc(CC3(C)SC(=O)CC3=O)cc2)OC(=O)c2ccccc2)nc1.CCc1ccc(C(COc2ccc(CC3SC(=O)CC3=O)cc2)OC(=O)c2ccccc2)nc1.CCc1ccc([C@@H](COc2ccc(CC3SC(=O)CC3=O)cc2)OC(C)=O)nc1. The number of ketones is 4. The van der Waals surface area contributed by atoms with Crippen LogP contribution in [0.3, 0.4) is 0 Å². The number of pyridine rings is 4. The normalized spacial score (nSPS) is 17.1. The van der Waals surface area contributed by atoms with Gasteiger partial charge in [0.25, 0.3) is 0 Å². The lowest BCUT2D eigenvalue weighted by molar-refractivity contribution is -0.151. The van der Waals surface area contributed by atoms with E-state index in [-0.39, 0.29) is 117 Å². The summed E-state index contributed by atoms with van der Waals surface area (Å²) in [6.45, 7) is 14.0. The monoisotopic (exact) mass is 1850 g/mol. The van der Waals surface area contributed by atoms with E-state index in [2.05, 4.69) is 47.6 Å². The molecule has 0 bridgehead atoms. The number of unbranched alkanes of at least 4 members (excludes halogenated alkanes) is 2. The summed E-state index contributed by atoms with van der Waals surface area (Å²) in [6.07, 6.45) is 13.4. The lowest BCUT2D eigenvalue weighted by atomic mass is 9.95. The van der Waals surface area contributed by atoms with E-state index in [4.69, 9.17) is 37.9 Å². The van der Waals surface area contributed by atoms with Gasteiger partial charge in [0.2, 0.25) is 0 Å². The van der Waals surface area contributed by atoms with Gasteiger partial charge in [-0.3, -0.25) is 67.9 Å². The molecule has 131 heavy (non-hydrogen) atoms. The number of carbonyl (C=O) groups excluding carboxylic acids is 12. The molecular formula is C103H106N4O20S4. The van der Waals surface area contributed by atoms with Crippen LogP contribution in [0, 0.1) is 0 Å². The van der Waals surface area contributed by atoms with E-state index in [1.54, 1.807) is 85.5 Å². The molecule has 4 aliphatic heterocycles. The van der Waals surface area contributed by atoms with Crippen LogP contribution in [0.2, 0.25) is 0 Å². The molecule has 6 aromatic carbocycles. The number of esters is 4. The standard InChI is InChI=1S/C28H27NO5S.C27H25NO5S.C26H31NO5S.C22H23NO5S/c1-3-19-11-14-23(29-17-19)24(34-27(32)21-7-5-4-6-8-21)18-33-22-12-9-20(10-13-22)16-28(2)25(30)15-26(31)35-28;1-2-18-10-13-22(28-16-18)24(33-27(31)20-6-4-3-5-7-20)17-32-21-11-8-19(9-12-21)14-25-23(29)15-26(30)34-25;1-3-5-6-7-25(29)32-23(21-13-10-18(4-2)16-27-21)17-31-20-11-8-19(9-12-20)14-24-22(28)15-26(30)33-24;1-3-15-6-9-18(23-12-15)20(28-14(2)24)13-27-17-7-4-16(5-8-17)10-21-19(25)11-22(26)29-21/h4-14,17,24H,3,15-16,18H2,1-2H3;3-13,16,24-25H,2,14-15,17H2,1H3;8-13,16,23-24H,3-7,14-15,17H2,1-2H3;4-9,12,20-21H,3,10-11,13H2,1-2H3/t;;23-,24?;20-,21?/m..01/s1.